The molecule has 0 unspecified atom stereocenters. The fourth-order valence-corrected chi connectivity index (χ4v) is 7.61. The lowest BCUT2D eigenvalue weighted by molar-refractivity contribution is -0.134. The SMILES string of the molecule is Cc1ccc(CCc2cnccc2SCC(=O)O)c2ccccc12.O=C(O)CSc1ccncc1CCc1ccc(Br)c2ccccc12. The van der Waals surface area contributed by atoms with Crippen LogP contribution in [0.4, 0.5) is 0 Å². The van der Waals surface area contributed by atoms with Crippen molar-refractivity contribution < 1.29 is 19.8 Å². The molecule has 0 aliphatic rings. The van der Waals surface area contributed by atoms with Crippen LogP contribution in [0.5, 0.6) is 0 Å². The maximum absolute atomic E-state index is 10.8. The Labute approximate surface area is 297 Å². The molecule has 0 radical (unpaired) electrons. The largest absolute Gasteiger partial charge is 0.481 e. The Morgan fingerprint density at radius 1 is 0.583 bits per heavy atom. The lowest BCUT2D eigenvalue weighted by Crippen LogP contribution is -2.00. The van der Waals surface area contributed by atoms with Gasteiger partial charge in [-0.3, -0.25) is 19.6 Å². The van der Waals surface area contributed by atoms with Crippen LogP contribution in [0.3, 0.4) is 0 Å². The number of carbonyl (C=O) groups is 2. The Bertz CT molecular complexity index is 1910. The first-order valence-corrected chi connectivity index (χ1v) is 18.2. The number of aryl methyl sites for hydroxylation is 5. The number of benzene rings is 4. The van der Waals surface area contributed by atoms with Gasteiger partial charge in [-0.2, -0.15) is 0 Å². The van der Waals surface area contributed by atoms with Crippen molar-refractivity contribution in [3.8, 4) is 0 Å². The van der Waals surface area contributed by atoms with Crippen molar-refractivity contribution in [3.05, 3.63) is 142 Å². The molecule has 0 atom stereocenters. The second kappa shape index (κ2) is 17.3. The van der Waals surface area contributed by atoms with Gasteiger partial charge in [0.25, 0.3) is 0 Å². The number of carboxylic acids is 2. The number of hydrogen-bond acceptors (Lipinski definition) is 6. The molecule has 6 nitrogen and oxygen atoms in total. The fraction of sp³-hybridized carbons (Fsp3) is 0.179. The molecule has 9 heteroatoms. The summed E-state index contributed by atoms with van der Waals surface area (Å²) in [5.41, 5.74) is 6.08. The van der Waals surface area contributed by atoms with Gasteiger partial charge in [-0.15, -0.1) is 23.5 Å². The Balaban J connectivity index is 0.000000188. The molecule has 2 heterocycles. The summed E-state index contributed by atoms with van der Waals surface area (Å²) in [6.07, 6.45) is 10.6. The normalized spacial score (nSPS) is 10.9. The number of rotatable bonds is 12. The molecule has 0 bridgehead atoms. The van der Waals surface area contributed by atoms with Gasteiger partial charge >= 0.3 is 11.9 Å². The van der Waals surface area contributed by atoms with Crippen molar-refractivity contribution in [2.24, 2.45) is 0 Å². The van der Waals surface area contributed by atoms with E-state index in [1.807, 2.05) is 30.6 Å². The number of halogens is 1. The minimum Gasteiger partial charge on any atom is -0.481 e. The summed E-state index contributed by atoms with van der Waals surface area (Å²) in [5.74, 6) is -1.46. The van der Waals surface area contributed by atoms with E-state index in [1.54, 1.807) is 12.4 Å². The Kier molecular flexibility index (Phi) is 12.7. The number of pyridine rings is 2. The van der Waals surface area contributed by atoms with E-state index in [1.165, 1.54) is 61.8 Å². The highest BCUT2D eigenvalue weighted by Gasteiger charge is 2.10. The predicted octanol–water partition coefficient (Wildman–Crippen LogP) is 9.46. The van der Waals surface area contributed by atoms with Gasteiger partial charge in [-0.1, -0.05) is 82.7 Å². The molecule has 0 fully saturated rings. The van der Waals surface area contributed by atoms with Crippen LogP contribution < -0.4 is 0 Å². The number of thioether (sulfide) groups is 2. The second-order valence-corrected chi connectivity index (χ2v) is 14.1. The summed E-state index contributed by atoms with van der Waals surface area (Å²) in [5, 5.41) is 22.8. The maximum Gasteiger partial charge on any atom is 0.313 e. The van der Waals surface area contributed by atoms with Gasteiger partial charge < -0.3 is 10.2 Å². The number of fused-ring (bicyclic) bond motifs is 2. The van der Waals surface area contributed by atoms with Gasteiger partial charge in [0.1, 0.15) is 0 Å². The molecule has 0 saturated heterocycles. The van der Waals surface area contributed by atoms with Crippen molar-refractivity contribution in [1.29, 1.82) is 0 Å². The van der Waals surface area contributed by atoms with Crippen LogP contribution in [0, 0.1) is 6.92 Å². The van der Waals surface area contributed by atoms with Crippen LogP contribution in [0.15, 0.2) is 124 Å². The molecule has 0 amide bonds. The third-order valence-electron chi connectivity index (χ3n) is 7.94. The second-order valence-electron chi connectivity index (χ2n) is 11.2. The van der Waals surface area contributed by atoms with E-state index in [-0.39, 0.29) is 11.5 Å². The number of aromatic nitrogens is 2. The van der Waals surface area contributed by atoms with Gasteiger partial charge in [0, 0.05) is 39.1 Å². The molecule has 0 aliphatic heterocycles. The van der Waals surface area contributed by atoms with Crippen LogP contribution in [0.2, 0.25) is 0 Å². The fourth-order valence-electron chi connectivity index (χ4n) is 5.58. The Morgan fingerprint density at radius 3 is 1.54 bits per heavy atom. The monoisotopic (exact) mass is 738 g/mol. The quantitative estimate of drug-likeness (QED) is 0.120. The summed E-state index contributed by atoms with van der Waals surface area (Å²) in [6.45, 7) is 2.13. The molecular weight excluding hydrogens is 704 g/mol. The zero-order valence-electron chi connectivity index (χ0n) is 26.4. The third kappa shape index (κ3) is 9.46. The molecule has 4 aromatic carbocycles. The van der Waals surface area contributed by atoms with E-state index in [9.17, 15) is 9.59 Å². The highest BCUT2D eigenvalue weighted by molar-refractivity contribution is 9.10. The maximum atomic E-state index is 10.8. The van der Waals surface area contributed by atoms with Crippen molar-refractivity contribution in [2.45, 2.75) is 42.4 Å². The van der Waals surface area contributed by atoms with Crippen LogP contribution in [-0.4, -0.2) is 43.6 Å². The molecule has 0 saturated carbocycles. The summed E-state index contributed by atoms with van der Waals surface area (Å²) in [7, 11) is 0. The van der Waals surface area contributed by atoms with Crippen LogP contribution >= 0.6 is 39.5 Å². The van der Waals surface area contributed by atoms with E-state index in [2.05, 4.69) is 99.6 Å². The number of carboxylic acid groups (broad SMARTS) is 2. The van der Waals surface area contributed by atoms with E-state index in [0.717, 1.165) is 51.1 Å². The minimum absolute atomic E-state index is 0.0677. The average molecular weight is 740 g/mol. The Hall–Kier alpha value is -4.18. The van der Waals surface area contributed by atoms with Crippen LogP contribution in [0.25, 0.3) is 21.5 Å². The van der Waals surface area contributed by atoms with E-state index < -0.39 is 11.9 Å². The number of nitrogens with zero attached hydrogens (tertiary/aromatic N) is 2. The van der Waals surface area contributed by atoms with E-state index in [0.29, 0.717) is 0 Å². The molecule has 0 spiro atoms. The minimum atomic E-state index is -0.804. The van der Waals surface area contributed by atoms with Crippen LogP contribution in [-0.2, 0) is 35.3 Å². The molecule has 6 rings (SSSR count). The first kappa shape index (κ1) is 35.1. The lowest BCUT2D eigenvalue weighted by Gasteiger charge is -2.11. The topological polar surface area (TPSA) is 100 Å². The highest BCUT2D eigenvalue weighted by Crippen LogP contribution is 2.30. The number of hydrogen-bond donors (Lipinski definition) is 2. The van der Waals surface area contributed by atoms with Crippen LogP contribution in [0.1, 0.15) is 27.8 Å². The highest BCUT2D eigenvalue weighted by atomic mass is 79.9. The first-order valence-electron chi connectivity index (χ1n) is 15.5. The van der Waals surface area contributed by atoms with Gasteiger partial charge in [0.2, 0.25) is 0 Å². The third-order valence-corrected chi connectivity index (χ3v) is 10.8. The van der Waals surface area contributed by atoms with Crippen molar-refractivity contribution in [2.75, 3.05) is 11.5 Å². The average Bonchev–Trinajstić information content (AvgIpc) is 3.10. The molecular formula is C39H35BrN2O4S2. The molecule has 244 valence electrons. The van der Waals surface area contributed by atoms with E-state index >= 15 is 0 Å². The smallest absolute Gasteiger partial charge is 0.313 e. The molecule has 48 heavy (non-hydrogen) atoms. The van der Waals surface area contributed by atoms with Crippen molar-refractivity contribution in [3.63, 3.8) is 0 Å². The zero-order valence-corrected chi connectivity index (χ0v) is 29.7. The molecule has 6 aromatic rings. The Morgan fingerprint density at radius 2 is 1.02 bits per heavy atom. The van der Waals surface area contributed by atoms with Gasteiger partial charge in [-0.25, -0.2) is 0 Å². The summed E-state index contributed by atoms with van der Waals surface area (Å²) in [4.78, 5) is 32.0. The predicted molar refractivity (Wildman–Crippen MR) is 200 cm³/mol. The summed E-state index contributed by atoms with van der Waals surface area (Å²) in [6, 6.07) is 29.2. The van der Waals surface area contributed by atoms with Crippen molar-refractivity contribution >= 4 is 72.9 Å². The number of aliphatic carboxylic acids is 2. The van der Waals surface area contributed by atoms with Gasteiger partial charge in [-0.05, 0) is 100 Å². The molecule has 2 N–H and O–H groups in total. The molecule has 2 aromatic heterocycles. The summed E-state index contributed by atoms with van der Waals surface area (Å²) >= 11 is 6.31. The molecule has 0 aliphatic carbocycles. The lowest BCUT2D eigenvalue weighted by atomic mass is 9.96. The summed E-state index contributed by atoms with van der Waals surface area (Å²) < 4.78 is 1.10. The van der Waals surface area contributed by atoms with E-state index in [4.69, 9.17) is 10.2 Å². The first-order chi connectivity index (χ1) is 23.3. The standard InChI is InChI=1S/C20H19NO2S.C19H16BrNO2S/c1-14-6-7-15(18-5-3-2-4-17(14)18)8-9-16-12-21-11-10-19(16)24-13-20(22)23;20-17-8-7-13(15-3-1-2-4-16(15)17)5-6-14-11-21-10-9-18(14)24-12-19(22)23/h2-7,10-12H,8-9,13H2,1H3,(H,22,23);1-4,7-11H,5-6,12H2,(H,22,23). The zero-order chi connectivity index (χ0) is 33.9. The van der Waals surface area contributed by atoms with Gasteiger partial charge in [0.05, 0.1) is 11.5 Å². The van der Waals surface area contributed by atoms with Gasteiger partial charge in [0.15, 0.2) is 0 Å². The van der Waals surface area contributed by atoms with Crippen molar-refractivity contribution in [1.82, 2.24) is 9.97 Å².